The first-order valence-corrected chi connectivity index (χ1v) is 28.0. The molecule has 16 atom stereocenters. The van der Waals surface area contributed by atoms with E-state index in [0.717, 1.165) is 24.1 Å². The molecule has 0 aliphatic carbocycles. The molecule has 0 aliphatic heterocycles. The number of rotatable bonds is 34. The highest BCUT2D eigenvalue weighted by Crippen LogP contribution is 2.37. The summed E-state index contributed by atoms with van der Waals surface area (Å²) in [5, 5.41) is 22.1. The van der Waals surface area contributed by atoms with Crippen molar-refractivity contribution >= 4 is 23.4 Å². The number of aliphatic hydroxyl groups excluding tert-OH is 2. The van der Waals surface area contributed by atoms with Gasteiger partial charge in [0.15, 0.2) is 11.6 Å². The molecule has 0 saturated heterocycles. The van der Waals surface area contributed by atoms with Gasteiger partial charge in [-0.25, -0.2) is 0 Å². The Bertz CT molecular complexity index is 2080. The smallest absolute Gasteiger partial charge is 0.217 e. The average Bonchev–Trinajstić information content (AvgIpc) is 3.37. The van der Waals surface area contributed by atoms with Crippen LogP contribution in [0.3, 0.4) is 0 Å². The summed E-state index contributed by atoms with van der Waals surface area (Å²) in [6.07, 6.45) is 26.5. The standard InChI is InChI=1S/C34H51NO3.C33H50N2O3/c1-9-10-14-25(4)32(22-33(35)37)29(8)34(38)27(6)20-23(2)19-26(5)28(7)24(3)17-18-31(36)21-30-15-12-11-13-16-30;1-9-10-13-23(3)31(21-32(34)37)28(8)27(7)25(5)18-22(2)19-26(6)33(38)24(4)15-16-30(36)20-29-14-11-12-17-35-29/h9-19,24-29,32,34,38H,1,20-22H2,2-8H3,(H2,35,37);9-17,19,23-28,31,33,38H,1,18,20-21H2,2-8H3,(H2,34,37)/b14-10-,18-17-,23-19-;13-10-,16-15-,22-19-. The van der Waals surface area contributed by atoms with Crippen LogP contribution >= 0.6 is 0 Å². The van der Waals surface area contributed by atoms with Gasteiger partial charge in [0.05, 0.1) is 18.6 Å². The van der Waals surface area contributed by atoms with Crippen molar-refractivity contribution in [3.05, 3.63) is 163 Å². The Hall–Kier alpha value is -5.51. The Morgan fingerprint density at radius 1 is 0.513 bits per heavy atom. The van der Waals surface area contributed by atoms with E-state index in [1.807, 2.05) is 93.6 Å². The van der Waals surface area contributed by atoms with Crippen LogP contribution in [0.15, 0.2) is 152 Å². The molecule has 76 heavy (non-hydrogen) atoms. The van der Waals surface area contributed by atoms with Gasteiger partial charge in [-0.05, 0) is 128 Å². The fourth-order valence-electron chi connectivity index (χ4n) is 10.6. The molecule has 0 fully saturated rings. The van der Waals surface area contributed by atoms with Crippen molar-refractivity contribution in [3.8, 4) is 0 Å². The van der Waals surface area contributed by atoms with E-state index in [2.05, 4.69) is 113 Å². The Morgan fingerprint density at radius 3 is 1.49 bits per heavy atom. The molecule has 0 saturated carbocycles. The highest BCUT2D eigenvalue weighted by atomic mass is 16.3. The number of hydrogen-bond acceptors (Lipinski definition) is 7. The maximum atomic E-state index is 12.4. The number of amides is 2. The number of hydrogen-bond donors (Lipinski definition) is 4. The number of aromatic nitrogens is 1. The van der Waals surface area contributed by atoms with Crippen LogP contribution in [-0.2, 0) is 32.0 Å². The van der Waals surface area contributed by atoms with Crippen molar-refractivity contribution < 1.29 is 29.4 Å². The molecule has 0 spiro atoms. The molecule has 0 aliphatic rings. The normalized spacial score (nSPS) is 18.9. The molecule has 420 valence electrons. The van der Waals surface area contributed by atoms with Crippen LogP contribution in [0.2, 0.25) is 0 Å². The first-order chi connectivity index (χ1) is 35.7. The molecule has 1 aromatic carbocycles. The van der Waals surface area contributed by atoms with Crippen LogP contribution in [0, 0.1) is 82.9 Å². The zero-order valence-electron chi connectivity index (χ0n) is 49.1. The lowest BCUT2D eigenvalue weighted by molar-refractivity contribution is -0.120. The second-order valence-electron chi connectivity index (χ2n) is 22.7. The lowest BCUT2D eigenvalue weighted by Crippen LogP contribution is -2.36. The SMILES string of the molecule is C=C/C=C\C(C)C(CC(N)=O)C(C)C(C)C(C)C/C(C)=C\C(C)C(O)C(C)/C=C\C(=O)Cc1ccccn1.C=C/C=C\C(C)C(CC(N)=O)C(C)C(O)C(C)C/C(C)=C\C(C)C(C)C(C)/C=C\C(=O)Cc1ccccc1. The van der Waals surface area contributed by atoms with E-state index in [4.69, 9.17) is 11.5 Å². The first-order valence-electron chi connectivity index (χ1n) is 28.0. The van der Waals surface area contributed by atoms with Crippen molar-refractivity contribution in [1.82, 2.24) is 4.98 Å². The van der Waals surface area contributed by atoms with Crippen LogP contribution in [0.1, 0.15) is 134 Å². The van der Waals surface area contributed by atoms with E-state index in [0.29, 0.717) is 42.4 Å². The van der Waals surface area contributed by atoms with E-state index >= 15 is 0 Å². The molecule has 0 radical (unpaired) electrons. The van der Waals surface area contributed by atoms with E-state index < -0.39 is 12.2 Å². The van der Waals surface area contributed by atoms with Crippen molar-refractivity contribution in [2.75, 3.05) is 0 Å². The van der Waals surface area contributed by atoms with E-state index in [1.165, 1.54) is 11.1 Å². The van der Waals surface area contributed by atoms with Crippen molar-refractivity contribution in [1.29, 1.82) is 0 Å². The van der Waals surface area contributed by atoms with Crippen molar-refractivity contribution in [2.45, 2.75) is 148 Å². The molecule has 0 bridgehead atoms. The molecular weight excluding hydrogens is 943 g/mol. The minimum absolute atomic E-state index is 0.0250. The number of primary amides is 2. The highest BCUT2D eigenvalue weighted by Gasteiger charge is 2.33. The lowest BCUT2D eigenvalue weighted by Gasteiger charge is -2.35. The highest BCUT2D eigenvalue weighted by molar-refractivity contribution is 5.91. The second-order valence-corrected chi connectivity index (χ2v) is 22.7. The molecule has 1 aromatic heterocycles. The zero-order valence-corrected chi connectivity index (χ0v) is 49.1. The summed E-state index contributed by atoms with van der Waals surface area (Å²) in [5.41, 5.74) is 15.4. The predicted octanol–water partition coefficient (Wildman–Crippen LogP) is 13.6. The summed E-state index contributed by atoms with van der Waals surface area (Å²) < 4.78 is 0. The monoisotopic (exact) mass is 1040 g/mol. The summed E-state index contributed by atoms with van der Waals surface area (Å²) in [6.45, 7) is 37.3. The Morgan fingerprint density at radius 2 is 0.987 bits per heavy atom. The number of allylic oxidation sites excluding steroid dienone is 12. The molecule has 9 nitrogen and oxygen atoms in total. The molecule has 1 heterocycles. The number of aliphatic hydroxyl groups is 2. The average molecular weight is 1040 g/mol. The van der Waals surface area contributed by atoms with E-state index in [1.54, 1.807) is 36.6 Å². The number of ketones is 2. The van der Waals surface area contributed by atoms with Crippen LogP contribution in [-0.4, -0.2) is 50.8 Å². The molecule has 2 rings (SSSR count). The third-order valence-electron chi connectivity index (χ3n) is 16.1. The van der Waals surface area contributed by atoms with Crippen LogP contribution in [0.5, 0.6) is 0 Å². The van der Waals surface area contributed by atoms with Gasteiger partial charge in [-0.2, -0.15) is 0 Å². The van der Waals surface area contributed by atoms with Gasteiger partial charge < -0.3 is 21.7 Å². The minimum atomic E-state index is -0.590. The zero-order chi connectivity index (χ0) is 57.7. The van der Waals surface area contributed by atoms with Crippen LogP contribution in [0.25, 0.3) is 0 Å². The summed E-state index contributed by atoms with van der Waals surface area (Å²) in [4.78, 5) is 52.4. The predicted molar refractivity (Wildman–Crippen MR) is 318 cm³/mol. The van der Waals surface area contributed by atoms with Gasteiger partial charge in [-0.1, -0.05) is 205 Å². The fraction of sp³-hybridized carbons (Fsp3) is 0.537. The van der Waals surface area contributed by atoms with Gasteiger partial charge in [0.1, 0.15) is 0 Å². The van der Waals surface area contributed by atoms with Gasteiger partial charge >= 0.3 is 0 Å². The second kappa shape index (κ2) is 36.5. The molecular formula is C67H101N3O6. The van der Waals surface area contributed by atoms with Crippen molar-refractivity contribution in [3.63, 3.8) is 0 Å². The van der Waals surface area contributed by atoms with Crippen LogP contribution < -0.4 is 11.5 Å². The molecule has 2 amide bonds. The minimum Gasteiger partial charge on any atom is -0.393 e. The Kier molecular flexibility index (Phi) is 32.9. The number of nitrogens with zero attached hydrogens (tertiary/aromatic N) is 1. The summed E-state index contributed by atoms with van der Waals surface area (Å²) >= 11 is 0. The molecule has 6 N–H and O–H groups in total. The maximum Gasteiger partial charge on any atom is 0.217 e. The number of pyridine rings is 1. The van der Waals surface area contributed by atoms with E-state index in [9.17, 15) is 29.4 Å². The fourth-order valence-corrected chi connectivity index (χ4v) is 10.6. The van der Waals surface area contributed by atoms with Gasteiger partial charge in [-0.3, -0.25) is 24.2 Å². The van der Waals surface area contributed by atoms with Gasteiger partial charge in [0, 0.05) is 43.0 Å². The number of benzene rings is 1. The third-order valence-corrected chi connectivity index (χ3v) is 16.1. The van der Waals surface area contributed by atoms with Gasteiger partial charge in [-0.15, -0.1) is 0 Å². The molecule has 9 heteroatoms. The lowest BCUT2D eigenvalue weighted by atomic mass is 9.70. The van der Waals surface area contributed by atoms with E-state index in [-0.39, 0.29) is 89.5 Å². The third kappa shape index (κ3) is 26.5. The number of nitrogens with two attached hydrogens (primary N) is 2. The molecule has 2 aromatic rings. The Labute approximate surface area is 461 Å². The first kappa shape index (κ1) is 68.5. The number of carbonyl (C=O) groups excluding carboxylic acids is 4. The summed E-state index contributed by atoms with van der Waals surface area (Å²) in [7, 11) is 0. The van der Waals surface area contributed by atoms with Crippen molar-refractivity contribution in [2.24, 2.45) is 94.3 Å². The topological polar surface area (TPSA) is 174 Å². The van der Waals surface area contributed by atoms with Crippen LogP contribution in [0.4, 0.5) is 0 Å². The molecule has 16 unspecified atom stereocenters. The maximum absolute atomic E-state index is 12.4. The number of carbonyl (C=O) groups is 4. The quantitative estimate of drug-likeness (QED) is 0.0307. The summed E-state index contributed by atoms with van der Waals surface area (Å²) in [6, 6.07) is 15.3. The summed E-state index contributed by atoms with van der Waals surface area (Å²) in [5.74, 6) is 1.75. The van der Waals surface area contributed by atoms with Gasteiger partial charge in [0.25, 0.3) is 0 Å². The van der Waals surface area contributed by atoms with Gasteiger partial charge in [0.2, 0.25) is 11.8 Å². The Balaban J connectivity index is 0.000000760. The largest absolute Gasteiger partial charge is 0.393 e.